The van der Waals surface area contributed by atoms with E-state index >= 15 is 0 Å². The molecular weight excluding hydrogens is 474 g/mol. The van der Waals surface area contributed by atoms with Gasteiger partial charge in [-0.1, -0.05) is 23.7 Å². The van der Waals surface area contributed by atoms with Crippen molar-refractivity contribution >= 4 is 44.1 Å². The molecule has 0 radical (unpaired) electrons. The van der Waals surface area contributed by atoms with Gasteiger partial charge in [-0.2, -0.15) is 4.31 Å². The molecule has 0 bridgehead atoms. The lowest BCUT2D eigenvalue weighted by Crippen LogP contribution is -2.54. The van der Waals surface area contributed by atoms with Crippen molar-refractivity contribution in [2.24, 2.45) is 10.9 Å². The molecule has 1 fully saturated rings. The fourth-order valence-electron chi connectivity index (χ4n) is 4.32. The number of hydrogen-bond donors (Lipinski definition) is 1. The van der Waals surface area contributed by atoms with E-state index in [1.807, 2.05) is 24.3 Å². The lowest BCUT2D eigenvalue weighted by atomic mass is 10.1. The second-order valence-electron chi connectivity index (χ2n) is 8.39. The van der Waals surface area contributed by atoms with Gasteiger partial charge >= 0.3 is 0 Å². The second kappa shape index (κ2) is 9.32. The highest BCUT2D eigenvalue weighted by atomic mass is 35.5. The van der Waals surface area contributed by atoms with Gasteiger partial charge in [-0.15, -0.1) is 0 Å². The molecule has 8 nitrogen and oxygen atoms in total. The van der Waals surface area contributed by atoms with Crippen LogP contribution in [0.2, 0.25) is 5.02 Å². The number of carbonyl (C=O) groups is 1. The van der Waals surface area contributed by atoms with Crippen LogP contribution in [0.15, 0.2) is 70.8 Å². The van der Waals surface area contributed by atoms with Crippen LogP contribution in [0.4, 0.5) is 0 Å². The zero-order valence-electron chi connectivity index (χ0n) is 18.4. The smallest absolute Gasteiger partial charge is 0.243 e. The van der Waals surface area contributed by atoms with Crippen LogP contribution in [0.3, 0.4) is 0 Å². The van der Waals surface area contributed by atoms with Gasteiger partial charge in [-0.3, -0.25) is 14.8 Å². The Morgan fingerprint density at radius 3 is 2.38 bits per heavy atom. The fourth-order valence-corrected chi connectivity index (χ4v) is 5.96. The lowest BCUT2D eigenvalue weighted by molar-refractivity contribution is -0.136. The van der Waals surface area contributed by atoms with Gasteiger partial charge in [0.2, 0.25) is 15.9 Å². The van der Waals surface area contributed by atoms with Crippen LogP contribution < -0.4 is 5.32 Å². The topological polar surface area (TPSA) is 95.0 Å². The molecule has 1 N–H and O–H groups in total. The molecule has 1 unspecified atom stereocenters. The number of nitrogens with zero attached hydrogens (tertiary/aromatic N) is 4. The lowest BCUT2D eigenvalue weighted by Gasteiger charge is -2.36. The average molecular weight is 498 g/mol. The second-order valence-corrected chi connectivity index (χ2v) is 10.8. The highest BCUT2D eigenvalue weighted by Crippen LogP contribution is 2.25. The molecule has 176 valence electrons. The first-order chi connectivity index (χ1) is 16.4. The summed E-state index contributed by atoms with van der Waals surface area (Å²) < 4.78 is 27.9. The van der Waals surface area contributed by atoms with E-state index in [0.29, 0.717) is 31.2 Å². The van der Waals surface area contributed by atoms with E-state index in [0.717, 1.165) is 22.2 Å². The summed E-state index contributed by atoms with van der Waals surface area (Å²) in [5.74, 6) is 0.505. The SMILES string of the molecule is O=C(C1CN=C(c2ccncc2)NC1)N1CCN(S(=O)(=O)c2ccc3cc(Cl)ccc3c2)CC1. The number of nitrogens with one attached hydrogen (secondary N) is 1. The van der Waals surface area contributed by atoms with Gasteiger partial charge in [0, 0.05) is 55.7 Å². The molecular formula is C24H24ClN5O3S. The van der Waals surface area contributed by atoms with Crippen molar-refractivity contribution in [3.63, 3.8) is 0 Å². The summed E-state index contributed by atoms with van der Waals surface area (Å²) in [5, 5.41) is 5.55. The number of piperazine rings is 1. The minimum absolute atomic E-state index is 0.00431. The summed E-state index contributed by atoms with van der Waals surface area (Å²) >= 11 is 6.03. The first kappa shape index (κ1) is 22.8. The van der Waals surface area contributed by atoms with Gasteiger partial charge in [0.1, 0.15) is 5.84 Å². The molecule has 0 spiro atoms. The van der Waals surface area contributed by atoms with E-state index in [4.69, 9.17) is 11.6 Å². The molecule has 0 aliphatic carbocycles. The molecule has 2 aromatic carbocycles. The Kier molecular flexibility index (Phi) is 6.24. The molecule has 0 saturated carbocycles. The zero-order chi connectivity index (χ0) is 23.7. The highest BCUT2D eigenvalue weighted by molar-refractivity contribution is 7.89. The Hall–Kier alpha value is -3.01. The number of benzene rings is 2. The number of fused-ring (bicyclic) bond motifs is 1. The molecule has 3 heterocycles. The maximum absolute atomic E-state index is 13.2. The van der Waals surface area contributed by atoms with E-state index in [9.17, 15) is 13.2 Å². The number of aliphatic imine (C=N–C) groups is 1. The Bertz CT molecular complexity index is 1360. The molecule has 1 aromatic heterocycles. The number of pyridine rings is 1. The molecule has 10 heteroatoms. The number of halogens is 1. The predicted octanol–water partition coefficient (Wildman–Crippen LogP) is 2.39. The Labute approximate surface area is 203 Å². The van der Waals surface area contributed by atoms with Crippen LogP contribution in [-0.4, -0.2) is 73.6 Å². The third-order valence-electron chi connectivity index (χ3n) is 6.25. The van der Waals surface area contributed by atoms with E-state index in [2.05, 4.69) is 15.3 Å². The largest absolute Gasteiger partial charge is 0.369 e. The van der Waals surface area contributed by atoms with Gasteiger partial charge in [0.05, 0.1) is 17.4 Å². The van der Waals surface area contributed by atoms with E-state index < -0.39 is 10.0 Å². The number of hydrogen-bond acceptors (Lipinski definition) is 6. The van der Waals surface area contributed by atoms with Crippen LogP contribution in [0.1, 0.15) is 5.56 Å². The molecule has 1 amide bonds. The monoisotopic (exact) mass is 497 g/mol. The standard InChI is InChI=1S/C24H24ClN5O3S/c25-21-3-1-19-14-22(4-2-18(19)13-21)34(32,33)30-11-9-29(10-12-30)24(31)20-15-27-23(28-16-20)17-5-7-26-8-6-17/h1-8,13-14,20H,9-12,15-16H2,(H,27,28). The Balaban J connectivity index is 1.22. The first-order valence-corrected chi connectivity index (χ1v) is 12.9. The van der Waals surface area contributed by atoms with E-state index in [1.165, 1.54) is 4.31 Å². The van der Waals surface area contributed by atoms with Gasteiger partial charge in [0.15, 0.2) is 0 Å². The molecule has 3 aromatic rings. The first-order valence-electron chi connectivity index (χ1n) is 11.1. The number of amidine groups is 1. The highest BCUT2D eigenvalue weighted by Gasteiger charge is 2.33. The third kappa shape index (κ3) is 4.51. The normalized spacial score (nSPS) is 19.5. The van der Waals surface area contributed by atoms with Crippen LogP contribution in [0.25, 0.3) is 10.8 Å². The van der Waals surface area contributed by atoms with Crippen LogP contribution in [-0.2, 0) is 14.8 Å². The minimum Gasteiger partial charge on any atom is -0.369 e. The molecule has 2 aliphatic heterocycles. The van der Waals surface area contributed by atoms with Gasteiger partial charge in [-0.25, -0.2) is 8.42 Å². The number of sulfonamides is 1. The van der Waals surface area contributed by atoms with Crippen molar-refractivity contribution in [3.8, 4) is 0 Å². The minimum atomic E-state index is -3.65. The molecule has 2 aliphatic rings. The van der Waals surface area contributed by atoms with Crippen LogP contribution in [0.5, 0.6) is 0 Å². The quantitative estimate of drug-likeness (QED) is 0.597. The van der Waals surface area contributed by atoms with Crippen molar-refractivity contribution < 1.29 is 13.2 Å². The maximum atomic E-state index is 13.2. The molecule has 34 heavy (non-hydrogen) atoms. The van der Waals surface area contributed by atoms with Gasteiger partial charge in [0.25, 0.3) is 0 Å². The van der Waals surface area contributed by atoms with Crippen molar-refractivity contribution in [2.75, 3.05) is 39.3 Å². The number of rotatable bonds is 4. The fraction of sp³-hybridized carbons (Fsp3) is 0.292. The summed E-state index contributed by atoms with van der Waals surface area (Å²) in [6.07, 6.45) is 3.41. The predicted molar refractivity (Wildman–Crippen MR) is 131 cm³/mol. The van der Waals surface area contributed by atoms with E-state index in [-0.39, 0.29) is 29.8 Å². The van der Waals surface area contributed by atoms with Crippen molar-refractivity contribution in [1.29, 1.82) is 0 Å². The zero-order valence-corrected chi connectivity index (χ0v) is 20.0. The van der Waals surface area contributed by atoms with Crippen molar-refractivity contribution in [2.45, 2.75) is 4.90 Å². The number of aromatic nitrogens is 1. The third-order valence-corrected chi connectivity index (χ3v) is 8.38. The summed E-state index contributed by atoms with van der Waals surface area (Å²) in [6, 6.07) is 14.2. The van der Waals surface area contributed by atoms with Crippen LogP contribution >= 0.6 is 11.6 Å². The summed E-state index contributed by atoms with van der Waals surface area (Å²) in [7, 11) is -3.65. The van der Waals surface area contributed by atoms with Crippen LogP contribution in [0, 0.1) is 5.92 Å². The van der Waals surface area contributed by atoms with Crippen molar-refractivity contribution in [1.82, 2.24) is 19.5 Å². The molecule has 1 atom stereocenters. The number of carbonyl (C=O) groups excluding carboxylic acids is 1. The summed E-state index contributed by atoms with van der Waals surface area (Å²) in [6.45, 7) is 2.15. The molecule has 5 rings (SSSR count). The molecule has 1 saturated heterocycles. The summed E-state index contributed by atoms with van der Waals surface area (Å²) in [4.78, 5) is 23.6. The van der Waals surface area contributed by atoms with Gasteiger partial charge in [-0.05, 0) is 47.2 Å². The Morgan fingerprint density at radius 2 is 1.68 bits per heavy atom. The summed E-state index contributed by atoms with van der Waals surface area (Å²) in [5.41, 5.74) is 0.941. The number of amides is 1. The van der Waals surface area contributed by atoms with Gasteiger partial charge < -0.3 is 10.2 Å². The Morgan fingerprint density at radius 1 is 0.971 bits per heavy atom. The van der Waals surface area contributed by atoms with Crippen molar-refractivity contribution in [3.05, 3.63) is 71.5 Å². The average Bonchev–Trinajstić information content (AvgIpc) is 2.88. The van der Waals surface area contributed by atoms with E-state index in [1.54, 1.807) is 41.6 Å². The maximum Gasteiger partial charge on any atom is 0.243 e.